The van der Waals surface area contributed by atoms with Crippen LogP contribution in [0.3, 0.4) is 0 Å². The molecule has 0 fully saturated rings. The van der Waals surface area contributed by atoms with E-state index in [1.807, 2.05) is 0 Å². The smallest absolute Gasteiger partial charge is 0.304 e. The number of rotatable bonds is 6. The Balaban J connectivity index is 2.40. The molecule has 8 heteroatoms. The molecule has 0 aliphatic carbocycles. The lowest BCUT2D eigenvalue weighted by Crippen LogP contribution is -2.26. The van der Waals surface area contributed by atoms with Crippen LogP contribution >= 0.6 is 0 Å². The van der Waals surface area contributed by atoms with Crippen LogP contribution in [0.2, 0.25) is 0 Å². The van der Waals surface area contributed by atoms with Gasteiger partial charge in [-0.2, -0.15) is 0 Å². The number of aliphatic carboxylic acids is 1. The largest absolute Gasteiger partial charge is 0.481 e. The third kappa shape index (κ3) is 4.56. The third-order valence-corrected chi connectivity index (χ3v) is 2.87. The number of sulfonamides is 1. The van der Waals surface area contributed by atoms with Gasteiger partial charge in [0.15, 0.2) is 5.76 Å². The molecule has 0 aliphatic heterocycles. The number of carbonyl (C=O) groups is 1. The van der Waals surface area contributed by atoms with Crippen LogP contribution in [-0.4, -0.2) is 30.4 Å². The van der Waals surface area contributed by atoms with E-state index in [1.165, 1.54) is 12.3 Å². The summed E-state index contributed by atoms with van der Waals surface area (Å²) in [6.07, 6.45) is 0.965. The van der Waals surface area contributed by atoms with Crippen molar-refractivity contribution in [1.82, 2.24) is 9.88 Å². The quantitative estimate of drug-likeness (QED) is 0.691. The van der Waals surface area contributed by atoms with Crippen LogP contribution in [0, 0.1) is 0 Å². The van der Waals surface area contributed by atoms with Crippen molar-refractivity contribution in [3.8, 4) is 0 Å². The molecular weight excluding hydrogens is 224 g/mol. The van der Waals surface area contributed by atoms with Crippen LogP contribution in [0.5, 0.6) is 0 Å². The van der Waals surface area contributed by atoms with Crippen LogP contribution in [0.1, 0.15) is 12.2 Å². The summed E-state index contributed by atoms with van der Waals surface area (Å²) < 4.78 is 29.2. The SMILES string of the molecule is O=C(O)CCS(=O)(=O)NCc1ccno1. The van der Waals surface area contributed by atoms with E-state index in [2.05, 4.69) is 14.4 Å². The van der Waals surface area contributed by atoms with Crippen molar-refractivity contribution in [2.75, 3.05) is 5.75 Å². The van der Waals surface area contributed by atoms with Crippen molar-refractivity contribution in [3.05, 3.63) is 18.0 Å². The fourth-order valence-corrected chi connectivity index (χ4v) is 1.76. The maximum absolute atomic E-state index is 11.2. The number of carboxylic acid groups (broad SMARTS) is 1. The zero-order valence-electron chi connectivity index (χ0n) is 7.71. The molecule has 0 saturated heterocycles. The molecule has 0 spiro atoms. The van der Waals surface area contributed by atoms with Crippen LogP contribution in [-0.2, 0) is 21.4 Å². The van der Waals surface area contributed by atoms with E-state index in [9.17, 15) is 13.2 Å². The summed E-state index contributed by atoms with van der Waals surface area (Å²) in [6, 6.07) is 1.51. The predicted octanol–water partition coefficient (Wildman–Crippen LogP) is -0.431. The molecule has 2 N–H and O–H groups in total. The molecule has 1 aromatic heterocycles. The van der Waals surface area contributed by atoms with Gasteiger partial charge in [0.1, 0.15) is 0 Å². The lowest BCUT2D eigenvalue weighted by atomic mass is 10.5. The van der Waals surface area contributed by atoms with Crippen molar-refractivity contribution in [1.29, 1.82) is 0 Å². The summed E-state index contributed by atoms with van der Waals surface area (Å²) in [6.45, 7) is -0.0258. The lowest BCUT2D eigenvalue weighted by molar-refractivity contribution is -0.136. The van der Waals surface area contributed by atoms with Gasteiger partial charge in [-0.1, -0.05) is 5.16 Å². The highest BCUT2D eigenvalue weighted by Gasteiger charge is 2.12. The van der Waals surface area contributed by atoms with Crippen LogP contribution in [0.15, 0.2) is 16.8 Å². The van der Waals surface area contributed by atoms with E-state index in [0.29, 0.717) is 5.76 Å². The minimum absolute atomic E-state index is 0.0258. The molecule has 0 unspecified atom stereocenters. The Morgan fingerprint density at radius 1 is 1.60 bits per heavy atom. The summed E-state index contributed by atoms with van der Waals surface area (Å²) in [5.74, 6) is -1.23. The minimum Gasteiger partial charge on any atom is -0.481 e. The van der Waals surface area contributed by atoms with Gasteiger partial charge in [-0.3, -0.25) is 4.79 Å². The second-order valence-electron chi connectivity index (χ2n) is 2.76. The molecule has 1 aromatic rings. The first-order chi connectivity index (χ1) is 6.99. The van der Waals surface area contributed by atoms with Crippen molar-refractivity contribution in [3.63, 3.8) is 0 Å². The fourth-order valence-electron chi connectivity index (χ4n) is 0.808. The van der Waals surface area contributed by atoms with Gasteiger partial charge in [0.2, 0.25) is 10.0 Å². The lowest BCUT2D eigenvalue weighted by Gasteiger charge is -2.02. The van der Waals surface area contributed by atoms with Crippen LogP contribution in [0.4, 0.5) is 0 Å². The van der Waals surface area contributed by atoms with Crippen molar-refractivity contribution < 1.29 is 22.8 Å². The van der Waals surface area contributed by atoms with Gasteiger partial charge >= 0.3 is 5.97 Å². The molecular formula is C7H10N2O5S. The van der Waals surface area contributed by atoms with E-state index in [1.54, 1.807) is 0 Å². The second kappa shape index (κ2) is 4.89. The van der Waals surface area contributed by atoms with E-state index in [4.69, 9.17) is 5.11 Å². The number of nitrogens with zero attached hydrogens (tertiary/aromatic N) is 1. The van der Waals surface area contributed by atoms with E-state index < -0.39 is 28.2 Å². The predicted molar refractivity (Wildman–Crippen MR) is 49.4 cm³/mol. The molecule has 7 nitrogen and oxygen atoms in total. The highest BCUT2D eigenvalue weighted by molar-refractivity contribution is 7.89. The van der Waals surface area contributed by atoms with Gasteiger partial charge in [0.25, 0.3) is 0 Å². The monoisotopic (exact) mass is 234 g/mol. The molecule has 15 heavy (non-hydrogen) atoms. The van der Waals surface area contributed by atoms with Gasteiger partial charge < -0.3 is 9.63 Å². The summed E-state index contributed by atoms with van der Waals surface area (Å²) in [5, 5.41) is 11.7. The molecule has 84 valence electrons. The molecule has 0 radical (unpaired) electrons. The maximum Gasteiger partial charge on any atom is 0.304 e. The first-order valence-corrected chi connectivity index (χ1v) is 5.73. The Morgan fingerprint density at radius 3 is 2.87 bits per heavy atom. The third-order valence-electron chi connectivity index (χ3n) is 1.54. The Morgan fingerprint density at radius 2 is 2.33 bits per heavy atom. The topological polar surface area (TPSA) is 110 Å². The van der Waals surface area contributed by atoms with E-state index >= 15 is 0 Å². The molecule has 0 aromatic carbocycles. The standard InChI is InChI=1S/C7H10N2O5S/c10-7(11)2-4-15(12,13)9-5-6-1-3-8-14-6/h1,3,9H,2,4-5H2,(H,10,11). The number of aromatic nitrogens is 1. The van der Waals surface area contributed by atoms with Crippen molar-refractivity contribution >= 4 is 16.0 Å². The Hall–Kier alpha value is -1.41. The summed E-state index contributed by atoms with van der Waals surface area (Å²) >= 11 is 0. The molecule has 1 heterocycles. The second-order valence-corrected chi connectivity index (χ2v) is 4.69. The number of nitrogens with one attached hydrogen (secondary N) is 1. The number of hydrogen-bond acceptors (Lipinski definition) is 5. The van der Waals surface area contributed by atoms with Crippen LogP contribution < -0.4 is 4.72 Å². The Kier molecular flexibility index (Phi) is 3.81. The molecule has 1 rings (SSSR count). The van der Waals surface area contributed by atoms with Gasteiger partial charge in [-0.05, 0) is 0 Å². The summed E-state index contributed by atoms with van der Waals surface area (Å²) in [7, 11) is -3.57. The summed E-state index contributed by atoms with van der Waals surface area (Å²) in [5.41, 5.74) is 0. The molecule has 0 atom stereocenters. The first-order valence-electron chi connectivity index (χ1n) is 4.08. The van der Waals surface area contributed by atoms with Crippen molar-refractivity contribution in [2.45, 2.75) is 13.0 Å². The Labute approximate surface area is 86.1 Å². The number of hydrogen-bond donors (Lipinski definition) is 2. The van der Waals surface area contributed by atoms with Crippen LogP contribution in [0.25, 0.3) is 0 Å². The Bertz CT molecular complexity index is 411. The molecule has 0 saturated carbocycles. The maximum atomic E-state index is 11.2. The fraction of sp³-hybridized carbons (Fsp3) is 0.429. The van der Waals surface area contributed by atoms with Gasteiger partial charge in [0, 0.05) is 6.07 Å². The highest BCUT2D eigenvalue weighted by atomic mass is 32.2. The normalized spacial score (nSPS) is 11.5. The minimum atomic E-state index is -3.57. The zero-order valence-corrected chi connectivity index (χ0v) is 8.53. The highest BCUT2D eigenvalue weighted by Crippen LogP contribution is 1.97. The van der Waals surface area contributed by atoms with Crippen molar-refractivity contribution in [2.24, 2.45) is 0 Å². The molecule has 0 aliphatic rings. The van der Waals surface area contributed by atoms with E-state index in [-0.39, 0.29) is 6.54 Å². The van der Waals surface area contributed by atoms with E-state index in [0.717, 1.165) is 0 Å². The molecule has 0 amide bonds. The number of carboxylic acids is 1. The van der Waals surface area contributed by atoms with Gasteiger partial charge in [-0.15, -0.1) is 0 Å². The van der Waals surface area contributed by atoms with Gasteiger partial charge in [-0.25, -0.2) is 13.1 Å². The first kappa shape index (κ1) is 11.7. The zero-order chi connectivity index (χ0) is 11.3. The van der Waals surface area contributed by atoms with Gasteiger partial charge in [0.05, 0.1) is 24.9 Å². The average molecular weight is 234 g/mol. The molecule has 0 bridgehead atoms. The average Bonchev–Trinajstić information content (AvgIpc) is 2.65. The summed E-state index contributed by atoms with van der Waals surface area (Å²) in [4.78, 5) is 10.2.